The number of likely N-dealkylation sites (tertiary alicyclic amines) is 1. The standard InChI is InChI=1S/C17H31N3/c1-11-14(12-7-4-3-5-8-12)15-13-9-6-10-18-16(13)19-17(15)20(11)2/h11-19H,3-10H2,1-2H3. The maximum absolute atomic E-state index is 3.92. The topological polar surface area (TPSA) is 27.3 Å². The molecule has 1 aliphatic carbocycles. The molecule has 20 heavy (non-hydrogen) atoms. The predicted molar refractivity (Wildman–Crippen MR) is 82.2 cm³/mol. The molecule has 0 bridgehead atoms. The van der Waals surface area contributed by atoms with E-state index in [1.165, 1.54) is 51.5 Å². The van der Waals surface area contributed by atoms with Crippen LogP contribution in [0.2, 0.25) is 0 Å². The molecular weight excluding hydrogens is 246 g/mol. The second-order valence-electron chi connectivity index (χ2n) is 7.81. The number of piperidine rings is 1. The van der Waals surface area contributed by atoms with Gasteiger partial charge in [0.05, 0.1) is 12.3 Å². The molecule has 3 saturated heterocycles. The minimum absolute atomic E-state index is 0.597. The predicted octanol–water partition coefficient (Wildman–Crippen LogP) is 2.39. The minimum Gasteiger partial charge on any atom is -0.302 e. The first-order chi connectivity index (χ1) is 9.77. The third-order valence-electron chi connectivity index (χ3n) is 6.99. The Morgan fingerprint density at radius 2 is 1.75 bits per heavy atom. The van der Waals surface area contributed by atoms with E-state index in [1.54, 1.807) is 0 Å². The van der Waals surface area contributed by atoms with Crippen LogP contribution in [0.3, 0.4) is 0 Å². The Bertz CT molecular complexity index is 350. The van der Waals surface area contributed by atoms with Crippen molar-refractivity contribution in [1.82, 2.24) is 15.5 Å². The molecule has 1 saturated carbocycles. The fraction of sp³-hybridized carbons (Fsp3) is 1.00. The lowest BCUT2D eigenvalue weighted by Gasteiger charge is -2.38. The van der Waals surface area contributed by atoms with Crippen molar-refractivity contribution < 1.29 is 0 Å². The van der Waals surface area contributed by atoms with Crippen LogP contribution in [0.5, 0.6) is 0 Å². The monoisotopic (exact) mass is 277 g/mol. The smallest absolute Gasteiger partial charge is 0.0645 e. The quantitative estimate of drug-likeness (QED) is 0.770. The van der Waals surface area contributed by atoms with Gasteiger partial charge in [-0.15, -0.1) is 0 Å². The molecule has 3 nitrogen and oxygen atoms in total. The first kappa shape index (κ1) is 13.5. The molecule has 3 heterocycles. The van der Waals surface area contributed by atoms with Gasteiger partial charge in [0.15, 0.2) is 0 Å². The normalized spacial score (nSPS) is 50.1. The zero-order chi connectivity index (χ0) is 13.7. The summed E-state index contributed by atoms with van der Waals surface area (Å²) < 4.78 is 0. The second kappa shape index (κ2) is 5.26. The summed E-state index contributed by atoms with van der Waals surface area (Å²) in [5.41, 5.74) is 0. The van der Waals surface area contributed by atoms with Gasteiger partial charge in [-0.25, -0.2) is 0 Å². The highest BCUT2D eigenvalue weighted by molar-refractivity contribution is 5.08. The van der Waals surface area contributed by atoms with Crippen molar-refractivity contribution >= 4 is 0 Å². The molecule has 0 amide bonds. The summed E-state index contributed by atoms with van der Waals surface area (Å²) >= 11 is 0. The highest BCUT2D eigenvalue weighted by Gasteiger charge is 2.57. The van der Waals surface area contributed by atoms with E-state index in [1.807, 2.05) is 0 Å². The van der Waals surface area contributed by atoms with Gasteiger partial charge in [0.2, 0.25) is 0 Å². The summed E-state index contributed by atoms with van der Waals surface area (Å²) in [7, 11) is 2.36. The third kappa shape index (κ3) is 1.97. The van der Waals surface area contributed by atoms with Crippen molar-refractivity contribution in [2.75, 3.05) is 13.6 Å². The van der Waals surface area contributed by atoms with Gasteiger partial charge in [0.25, 0.3) is 0 Å². The average molecular weight is 277 g/mol. The molecule has 0 spiro atoms. The minimum atomic E-state index is 0.597. The first-order valence-electron chi connectivity index (χ1n) is 8.99. The molecule has 0 aromatic rings. The number of hydrogen-bond donors (Lipinski definition) is 2. The summed E-state index contributed by atoms with van der Waals surface area (Å²) in [4.78, 5) is 2.66. The molecule has 3 heteroatoms. The summed E-state index contributed by atoms with van der Waals surface area (Å²) in [6, 6.07) is 0.767. The van der Waals surface area contributed by atoms with Gasteiger partial charge in [0, 0.05) is 6.04 Å². The van der Waals surface area contributed by atoms with Crippen molar-refractivity contribution in [3.8, 4) is 0 Å². The highest BCUT2D eigenvalue weighted by Crippen LogP contribution is 2.51. The Morgan fingerprint density at radius 1 is 0.950 bits per heavy atom. The van der Waals surface area contributed by atoms with E-state index in [0.717, 1.165) is 29.7 Å². The van der Waals surface area contributed by atoms with Crippen LogP contribution in [-0.2, 0) is 0 Å². The van der Waals surface area contributed by atoms with E-state index in [2.05, 4.69) is 29.5 Å². The number of hydrogen-bond acceptors (Lipinski definition) is 3. The lowest BCUT2D eigenvalue weighted by Crippen LogP contribution is -2.51. The van der Waals surface area contributed by atoms with Gasteiger partial charge >= 0.3 is 0 Å². The van der Waals surface area contributed by atoms with E-state index in [-0.39, 0.29) is 0 Å². The largest absolute Gasteiger partial charge is 0.302 e. The van der Waals surface area contributed by atoms with Gasteiger partial charge in [-0.05, 0) is 57.0 Å². The summed E-state index contributed by atoms with van der Waals surface area (Å²) in [6.07, 6.45) is 11.5. The molecule has 6 unspecified atom stereocenters. The van der Waals surface area contributed by atoms with Gasteiger partial charge < -0.3 is 5.32 Å². The highest BCUT2D eigenvalue weighted by atomic mass is 15.4. The third-order valence-corrected chi connectivity index (χ3v) is 6.99. The summed E-state index contributed by atoms with van der Waals surface area (Å²) in [6.45, 7) is 3.70. The van der Waals surface area contributed by atoms with E-state index < -0.39 is 0 Å². The van der Waals surface area contributed by atoms with Crippen molar-refractivity contribution in [2.24, 2.45) is 23.7 Å². The molecule has 4 rings (SSSR count). The van der Waals surface area contributed by atoms with Gasteiger partial charge in [-0.3, -0.25) is 10.2 Å². The average Bonchev–Trinajstić information content (AvgIpc) is 2.97. The van der Waals surface area contributed by atoms with E-state index in [4.69, 9.17) is 0 Å². The number of fused-ring (bicyclic) bond motifs is 3. The van der Waals surface area contributed by atoms with E-state index in [9.17, 15) is 0 Å². The van der Waals surface area contributed by atoms with Crippen LogP contribution in [0.4, 0.5) is 0 Å². The van der Waals surface area contributed by atoms with Crippen LogP contribution < -0.4 is 10.6 Å². The maximum Gasteiger partial charge on any atom is 0.0645 e. The Labute approximate surface area is 123 Å². The number of nitrogens with one attached hydrogen (secondary N) is 2. The molecule has 4 aliphatic rings. The fourth-order valence-electron chi connectivity index (χ4n) is 6.00. The zero-order valence-corrected chi connectivity index (χ0v) is 13.1. The summed E-state index contributed by atoms with van der Waals surface area (Å²) in [5, 5.41) is 7.65. The Balaban J connectivity index is 1.60. The molecule has 0 radical (unpaired) electrons. The van der Waals surface area contributed by atoms with Crippen molar-refractivity contribution in [1.29, 1.82) is 0 Å². The Hall–Kier alpha value is -0.120. The van der Waals surface area contributed by atoms with Crippen LogP contribution in [0, 0.1) is 23.7 Å². The summed E-state index contributed by atoms with van der Waals surface area (Å²) in [5.74, 6) is 3.72. The van der Waals surface area contributed by atoms with Crippen molar-refractivity contribution in [2.45, 2.75) is 70.2 Å². The van der Waals surface area contributed by atoms with Crippen molar-refractivity contribution in [3.05, 3.63) is 0 Å². The van der Waals surface area contributed by atoms with Crippen LogP contribution >= 0.6 is 0 Å². The lowest BCUT2D eigenvalue weighted by molar-refractivity contribution is 0.122. The van der Waals surface area contributed by atoms with E-state index in [0.29, 0.717) is 12.3 Å². The van der Waals surface area contributed by atoms with Crippen LogP contribution in [0.25, 0.3) is 0 Å². The number of nitrogens with zero attached hydrogens (tertiary/aromatic N) is 1. The van der Waals surface area contributed by atoms with E-state index >= 15 is 0 Å². The van der Waals surface area contributed by atoms with Gasteiger partial charge in [-0.1, -0.05) is 32.1 Å². The fourth-order valence-corrected chi connectivity index (χ4v) is 6.00. The Kier molecular flexibility index (Phi) is 3.56. The van der Waals surface area contributed by atoms with Gasteiger partial charge in [-0.2, -0.15) is 0 Å². The molecule has 6 atom stereocenters. The van der Waals surface area contributed by atoms with Crippen LogP contribution in [0.1, 0.15) is 51.9 Å². The maximum atomic E-state index is 3.92. The lowest BCUT2D eigenvalue weighted by atomic mass is 9.68. The molecular formula is C17H31N3. The number of rotatable bonds is 1. The zero-order valence-electron chi connectivity index (χ0n) is 13.1. The molecule has 114 valence electrons. The molecule has 4 fully saturated rings. The van der Waals surface area contributed by atoms with Crippen LogP contribution in [0.15, 0.2) is 0 Å². The molecule has 2 N–H and O–H groups in total. The molecule has 0 aromatic heterocycles. The van der Waals surface area contributed by atoms with Crippen molar-refractivity contribution in [3.63, 3.8) is 0 Å². The first-order valence-corrected chi connectivity index (χ1v) is 8.99. The SMILES string of the molecule is CC1C(C2CCCCC2)C2C3CCCNC3NC2N1C. The molecule has 3 aliphatic heterocycles. The molecule has 0 aromatic carbocycles. The second-order valence-corrected chi connectivity index (χ2v) is 7.81. The Morgan fingerprint density at radius 3 is 2.55 bits per heavy atom. The van der Waals surface area contributed by atoms with Crippen LogP contribution in [-0.4, -0.2) is 36.9 Å². The van der Waals surface area contributed by atoms with Gasteiger partial charge in [0.1, 0.15) is 0 Å².